The van der Waals surface area contributed by atoms with Gasteiger partial charge in [0.1, 0.15) is 0 Å². The van der Waals surface area contributed by atoms with Crippen molar-refractivity contribution in [3.05, 3.63) is 12.2 Å². The lowest BCUT2D eigenvalue weighted by molar-refractivity contribution is -0.165. The van der Waals surface area contributed by atoms with E-state index in [0.717, 1.165) is 6.42 Å². The minimum absolute atomic E-state index is 0.00258. The molecule has 2 fully saturated rings. The number of amides is 1. The molecule has 1 saturated heterocycles. The molecular weight excluding hydrogens is 246 g/mol. The van der Waals surface area contributed by atoms with Crippen molar-refractivity contribution in [3.8, 4) is 0 Å². The molecule has 19 heavy (non-hydrogen) atoms. The van der Waals surface area contributed by atoms with Crippen LogP contribution in [0.2, 0.25) is 0 Å². The Morgan fingerprint density at radius 1 is 1.26 bits per heavy atom. The van der Waals surface area contributed by atoms with Crippen LogP contribution in [0.5, 0.6) is 0 Å². The molecule has 4 atom stereocenters. The van der Waals surface area contributed by atoms with Gasteiger partial charge in [-0.3, -0.25) is 9.59 Å². The molecule has 2 N–H and O–H groups in total. The number of carboxylic acids is 1. The Morgan fingerprint density at radius 3 is 2.37 bits per heavy atom. The number of aliphatic carboxylic acids is 1. The summed E-state index contributed by atoms with van der Waals surface area (Å²) in [5, 5.41) is 19.3. The highest BCUT2D eigenvalue weighted by Gasteiger charge is 2.55. The molecule has 0 aromatic heterocycles. The maximum Gasteiger partial charge on any atom is 0.307 e. The van der Waals surface area contributed by atoms with Crippen molar-refractivity contribution >= 4 is 11.9 Å². The molecule has 0 spiro atoms. The van der Waals surface area contributed by atoms with E-state index in [-0.39, 0.29) is 17.7 Å². The summed E-state index contributed by atoms with van der Waals surface area (Å²) in [5.41, 5.74) is -0.762. The van der Waals surface area contributed by atoms with Crippen molar-refractivity contribution in [2.45, 2.75) is 25.4 Å². The number of allylic oxidation sites excluding steroid dienone is 2. The second-order valence-electron chi connectivity index (χ2n) is 6.11. The number of carboxylic acid groups (broad SMARTS) is 1. The molecule has 0 radical (unpaired) electrons. The first-order chi connectivity index (χ1) is 8.95. The van der Waals surface area contributed by atoms with Crippen LogP contribution in [0.1, 0.15) is 19.8 Å². The van der Waals surface area contributed by atoms with Crippen LogP contribution >= 0.6 is 0 Å². The van der Waals surface area contributed by atoms with Gasteiger partial charge in [0, 0.05) is 0 Å². The largest absolute Gasteiger partial charge is 0.481 e. The fraction of sp³-hybridized carbons (Fsp3) is 0.714. The number of carbonyl (C=O) groups excluding carboxylic acids is 1. The fourth-order valence-electron chi connectivity index (χ4n) is 3.75. The first-order valence-electron chi connectivity index (χ1n) is 6.87. The van der Waals surface area contributed by atoms with Gasteiger partial charge in [0.25, 0.3) is 0 Å². The molecule has 3 rings (SSSR count). The van der Waals surface area contributed by atoms with Crippen molar-refractivity contribution in [2.75, 3.05) is 13.1 Å². The third-order valence-electron chi connectivity index (χ3n) is 4.97. The Morgan fingerprint density at radius 2 is 1.84 bits per heavy atom. The van der Waals surface area contributed by atoms with Crippen LogP contribution in [0.25, 0.3) is 0 Å². The number of likely N-dealkylation sites (tertiary alicyclic amines) is 1. The summed E-state index contributed by atoms with van der Waals surface area (Å²) in [6.07, 6.45) is 5.32. The molecule has 1 heterocycles. The summed E-state index contributed by atoms with van der Waals surface area (Å²) in [5.74, 6) is -1.92. The van der Waals surface area contributed by atoms with Crippen LogP contribution in [-0.4, -0.2) is 45.7 Å². The van der Waals surface area contributed by atoms with E-state index in [4.69, 9.17) is 0 Å². The Balaban J connectivity index is 1.74. The maximum atomic E-state index is 12.5. The normalized spacial score (nSPS) is 38.3. The zero-order valence-corrected chi connectivity index (χ0v) is 11.0. The highest BCUT2D eigenvalue weighted by atomic mass is 16.4. The van der Waals surface area contributed by atoms with Crippen molar-refractivity contribution in [3.63, 3.8) is 0 Å². The van der Waals surface area contributed by atoms with Crippen LogP contribution in [0.15, 0.2) is 12.2 Å². The van der Waals surface area contributed by atoms with E-state index in [2.05, 4.69) is 0 Å². The lowest BCUT2D eigenvalue weighted by atomic mass is 9.80. The van der Waals surface area contributed by atoms with Gasteiger partial charge in [0.2, 0.25) is 5.91 Å². The van der Waals surface area contributed by atoms with E-state index in [1.807, 2.05) is 19.1 Å². The number of nitrogens with zero attached hydrogens (tertiary/aromatic N) is 1. The third kappa shape index (κ3) is 1.79. The molecule has 2 bridgehead atoms. The number of carbonyl (C=O) groups is 2. The SMILES string of the molecule is CCC1(O)CN(C(=O)C2C3C=CC(C3)C2C(=O)O)C1. The molecular formula is C14H19NO4. The average Bonchev–Trinajstić information content (AvgIpc) is 2.93. The van der Waals surface area contributed by atoms with Gasteiger partial charge in [-0.1, -0.05) is 19.1 Å². The van der Waals surface area contributed by atoms with Crippen molar-refractivity contribution < 1.29 is 19.8 Å². The van der Waals surface area contributed by atoms with E-state index in [9.17, 15) is 19.8 Å². The number of rotatable bonds is 3. The van der Waals surface area contributed by atoms with Crippen LogP contribution in [-0.2, 0) is 9.59 Å². The van der Waals surface area contributed by atoms with Crippen molar-refractivity contribution in [1.29, 1.82) is 0 Å². The third-order valence-corrected chi connectivity index (χ3v) is 4.97. The molecule has 0 aromatic carbocycles. The number of hydrogen-bond donors (Lipinski definition) is 2. The van der Waals surface area contributed by atoms with Crippen LogP contribution in [0, 0.1) is 23.7 Å². The molecule has 5 nitrogen and oxygen atoms in total. The minimum atomic E-state index is -0.874. The summed E-state index contributed by atoms with van der Waals surface area (Å²) < 4.78 is 0. The smallest absolute Gasteiger partial charge is 0.307 e. The van der Waals surface area contributed by atoms with Crippen molar-refractivity contribution in [1.82, 2.24) is 4.90 Å². The molecule has 4 unspecified atom stereocenters. The molecule has 3 aliphatic rings. The fourth-order valence-corrected chi connectivity index (χ4v) is 3.75. The van der Waals surface area contributed by atoms with Crippen molar-refractivity contribution in [2.24, 2.45) is 23.7 Å². The zero-order chi connectivity index (χ0) is 13.8. The number of hydrogen-bond acceptors (Lipinski definition) is 3. The van der Waals surface area contributed by atoms with Gasteiger partial charge >= 0.3 is 5.97 Å². The quantitative estimate of drug-likeness (QED) is 0.728. The zero-order valence-electron chi connectivity index (χ0n) is 11.0. The second kappa shape index (κ2) is 4.07. The van der Waals surface area contributed by atoms with Gasteiger partial charge in [-0.25, -0.2) is 0 Å². The van der Waals surface area contributed by atoms with E-state index in [1.165, 1.54) is 0 Å². The van der Waals surface area contributed by atoms with Gasteiger partial charge in [0.05, 0.1) is 30.5 Å². The first kappa shape index (κ1) is 12.7. The lowest BCUT2D eigenvalue weighted by Gasteiger charge is -2.47. The van der Waals surface area contributed by atoms with Crippen LogP contribution < -0.4 is 0 Å². The molecule has 1 aliphatic heterocycles. The summed E-state index contributed by atoms with van der Waals surface area (Å²) in [7, 11) is 0. The predicted octanol–water partition coefficient (Wildman–Crippen LogP) is 0.493. The number of β-amino-alcohol motifs (C(OH)–C–C–N with tert-alkyl or cyclic N) is 1. The molecule has 1 saturated carbocycles. The van der Waals surface area contributed by atoms with Gasteiger partial charge in [0.15, 0.2) is 0 Å². The Bertz CT molecular complexity index is 452. The average molecular weight is 265 g/mol. The molecule has 2 aliphatic carbocycles. The summed E-state index contributed by atoms with van der Waals surface area (Å²) in [4.78, 5) is 25.4. The standard InChI is InChI=1S/C14H19NO4/c1-2-14(19)6-15(7-14)12(16)10-8-3-4-9(5-8)11(10)13(17)18/h3-4,8-11,19H,2,5-7H2,1H3,(H,17,18). The summed E-state index contributed by atoms with van der Waals surface area (Å²) in [6, 6.07) is 0. The topological polar surface area (TPSA) is 77.8 Å². The van der Waals surface area contributed by atoms with Gasteiger partial charge in [-0.2, -0.15) is 0 Å². The number of aliphatic hydroxyl groups is 1. The molecule has 5 heteroatoms. The van der Waals surface area contributed by atoms with Crippen LogP contribution in [0.3, 0.4) is 0 Å². The first-order valence-corrected chi connectivity index (χ1v) is 6.87. The van der Waals surface area contributed by atoms with E-state index < -0.39 is 23.4 Å². The predicted molar refractivity (Wildman–Crippen MR) is 67.2 cm³/mol. The van der Waals surface area contributed by atoms with Gasteiger partial charge in [-0.15, -0.1) is 0 Å². The Kier molecular flexibility index (Phi) is 2.71. The molecule has 1 amide bonds. The number of fused-ring (bicyclic) bond motifs is 2. The minimum Gasteiger partial charge on any atom is -0.481 e. The monoisotopic (exact) mass is 265 g/mol. The Labute approximate surface area is 111 Å². The van der Waals surface area contributed by atoms with Gasteiger partial charge < -0.3 is 15.1 Å². The molecule has 104 valence electrons. The second-order valence-corrected chi connectivity index (χ2v) is 6.11. The summed E-state index contributed by atoms with van der Waals surface area (Å²) >= 11 is 0. The van der Waals surface area contributed by atoms with Crippen LogP contribution in [0.4, 0.5) is 0 Å². The highest BCUT2D eigenvalue weighted by molar-refractivity contribution is 5.87. The highest BCUT2D eigenvalue weighted by Crippen LogP contribution is 2.49. The maximum absolute atomic E-state index is 12.5. The van der Waals surface area contributed by atoms with E-state index in [1.54, 1.807) is 4.90 Å². The van der Waals surface area contributed by atoms with E-state index in [0.29, 0.717) is 19.5 Å². The Hall–Kier alpha value is -1.36. The summed E-state index contributed by atoms with van der Waals surface area (Å²) in [6.45, 7) is 2.57. The molecule has 0 aromatic rings. The lowest BCUT2D eigenvalue weighted by Crippen LogP contribution is -2.64. The van der Waals surface area contributed by atoms with Gasteiger partial charge in [-0.05, 0) is 24.7 Å². The van der Waals surface area contributed by atoms with E-state index >= 15 is 0 Å².